The van der Waals surface area contributed by atoms with Crippen molar-refractivity contribution in [3.63, 3.8) is 0 Å². The Bertz CT molecular complexity index is 381. The highest BCUT2D eigenvalue weighted by molar-refractivity contribution is 7.91. The van der Waals surface area contributed by atoms with Crippen LogP contribution >= 0.6 is 0 Å². The van der Waals surface area contributed by atoms with Crippen molar-refractivity contribution in [1.29, 1.82) is 0 Å². The van der Waals surface area contributed by atoms with Gasteiger partial charge in [-0.1, -0.05) is 6.42 Å². The van der Waals surface area contributed by atoms with Crippen molar-refractivity contribution < 1.29 is 13.5 Å². The van der Waals surface area contributed by atoms with Crippen molar-refractivity contribution >= 4 is 9.84 Å². The Hall–Kier alpha value is -0.130. The first-order chi connectivity index (χ1) is 7.81. The van der Waals surface area contributed by atoms with Gasteiger partial charge in [-0.3, -0.25) is 0 Å². The maximum absolute atomic E-state index is 11.6. The first kappa shape index (κ1) is 13.3. The van der Waals surface area contributed by atoms with Crippen LogP contribution in [0.25, 0.3) is 0 Å². The molecule has 0 bridgehead atoms. The van der Waals surface area contributed by atoms with Crippen molar-refractivity contribution in [2.45, 2.75) is 43.0 Å². The first-order valence-corrected chi connectivity index (χ1v) is 8.36. The third-order valence-electron chi connectivity index (χ3n) is 4.46. The van der Waals surface area contributed by atoms with E-state index in [4.69, 9.17) is 0 Å². The largest absolute Gasteiger partial charge is 0.388 e. The number of nitrogens with zero attached hydrogens (tertiary/aromatic N) is 1. The summed E-state index contributed by atoms with van der Waals surface area (Å²) >= 11 is 0. The molecule has 1 heterocycles. The molecule has 3 atom stereocenters. The summed E-state index contributed by atoms with van der Waals surface area (Å²) in [6, 6.07) is 0. The van der Waals surface area contributed by atoms with Gasteiger partial charge in [0.15, 0.2) is 0 Å². The van der Waals surface area contributed by atoms with E-state index in [1.807, 2.05) is 7.05 Å². The highest BCUT2D eigenvalue weighted by atomic mass is 32.2. The van der Waals surface area contributed by atoms with Crippen LogP contribution in [0.1, 0.15) is 32.1 Å². The van der Waals surface area contributed by atoms with Gasteiger partial charge in [0.25, 0.3) is 0 Å². The maximum atomic E-state index is 11.6. The summed E-state index contributed by atoms with van der Waals surface area (Å²) in [7, 11) is -0.945. The topological polar surface area (TPSA) is 57.6 Å². The van der Waals surface area contributed by atoms with Crippen LogP contribution in [0.2, 0.25) is 0 Å². The molecule has 100 valence electrons. The Balaban J connectivity index is 2.07. The summed E-state index contributed by atoms with van der Waals surface area (Å²) in [4.78, 5) is 2.13. The predicted molar refractivity (Wildman–Crippen MR) is 67.7 cm³/mol. The molecule has 1 aliphatic carbocycles. The molecule has 0 radical (unpaired) electrons. The molecule has 2 aliphatic rings. The Kier molecular flexibility index (Phi) is 3.54. The second-order valence-electron chi connectivity index (χ2n) is 5.91. The molecule has 3 unspecified atom stereocenters. The Labute approximate surface area is 104 Å². The Morgan fingerprint density at radius 1 is 1.35 bits per heavy atom. The summed E-state index contributed by atoms with van der Waals surface area (Å²) in [6.45, 7) is 1.60. The highest BCUT2D eigenvalue weighted by Gasteiger charge is 2.44. The normalized spacial score (nSPS) is 40.6. The minimum absolute atomic E-state index is 0.154. The van der Waals surface area contributed by atoms with E-state index in [0.717, 1.165) is 32.2 Å². The minimum atomic E-state index is -2.95. The quantitative estimate of drug-likeness (QED) is 0.793. The van der Waals surface area contributed by atoms with Crippen LogP contribution in [0.4, 0.5) is 0 Å². The second kappa shape index (κ2) is 4.52. The molecule has 0 spiro atoms. The van der Waals surface area contributed by atoms with Gasteiger partial charge in [0.1, 0.15) is 9.84 Å². The monoisotopic (exact) mass is 261 g/mol. The van der Waals surface area contributed by atoms with E-state index in [1.165, 1.54) is 6.26 Å². The van der Waals surface area contributed by atoms with Gasteiger partial charge in [-0.2, -0.15) is 0 Å². The van der Waals surface area contributed by atoms with Crippen LogP contribution in [-0.4, -0.2) is 55.7 Å². The van der Waals surface area contributed by atoms with Crippen molar-refractivity contribution in [2.24, 2.45) is 5.92 Å². The summed E-state index contributed by atoms with van der Waals surface area (Å²) in [6.07, 6.45) is 5.41. The van der Waals surface area contributed by atoms with Gasteiger partial charge in [-0.25, -0.2) is 8.42 Å². The van der Waals surface area contributed by atoms with E-state index in [9.17, 15) is 13.5 Å². The van der Waals surface area contributed by atoms with Crippen LogP contribution < -0.4 is 0 Å². The molecule has 4 nitrogen and oxygen atoms in total. The average Bonchev–Trinajstić information content (AvgIpc) is 2.59. The number of sulfone groups is 1. The molecule has 0 aromatic heterocycles. The molecule has 0 amide bonds. The third kappa shape index (κ3) is 2.83. The van der Waals surface area contributed by atoms with Gasteiger partial charge in [0, 0.05) is 19.3 Å². The minimum Gasteiger partial charge on any atom is -0.388 e. The second-order valence-corrected chi connectivity index (χ2v) is 8.23. The number of likely N-dealkylation sites (tertiary alicyclic amines) is 1. The molecule has 0 aromatic rings. The lowest BCUT2D eigenvalue weighted by molar-refractivity contribution is -0.0212. The third-order valence-corrected chi connectivity index (χ3v) is 6.10. The summed E-state index contributed by atoms with van der Waals surface area (Å²) in [5.41, 5.74) is -0.655. The molecule has 2 fully saturated rings. The zero-order valence-electron chi connectivity index (χ0n) is 10.7. The maximum Gasteiger partial charge on any atom is 0.150 e. The van der Waals surface area contributed by atoms with Crippen LogP contribution in [0.15, 0.2) is 0 Å². The van der Waals surface area contributed by atoms with Gasteiger partial charge in [0.05, 0.1) is 10.9 Å². The van der Waals surface area contributed by atoms with E-state index in [2.05, 4.69) is 4.90 Å². The van der Waals surface area contributed by atoms with Crippen molar-refractivity contribution in [3.05, 3.63) is 0 Å². The Morgan fingerprint density at radius 3 is 2.59 bits per heavy atom. The molecule has 1 saturated carbocycles. The number of β-amino-alcohol motifs (C(OH)–C–C–N with tert-alkyl or cyclic N) is 1. The lowest BCUT2D eigenvalue weighted by atomic mass is 9.76. The molecule has 2 rings (SSSR count). The van der Waals surface area contributed by atoms with Crippen LogP contribution in [0.5, 0.6) is 0 Å². The van der Waals surface area contributed by atoms with Crippen LogP contribution in [0.3, 0.4) is 0 Å². The molecule has 1 N–H and O–H groups in total. The molecule has 5 heteroatoms. The predicted octanol–water partition coefficient (Wildman–Crippen LogP) is 0.656. The van der Waals surface area contributed by atoms with Gasteiger partial charge < -0.3 is 10.0 Å². The molecule has 1 aliphatic heterocycles. The molecule has 1 saturated heterocycles. The van der Waals surface area contributed by atoms with E-state index < -0.39 is 15.4 Å². The lowest BCUT2D eigenvalue weighted by Crippen LogP contribution is -2.44. The average molecular weight is 261 g/mol. The number of hydrogen-bond donors (Lipinski definition) is 1. The van der Waals surface area contributed by atoms with E-state index in [0.29, 0.717) is 13.0 Å². The standard InChI is InChI=1S/C12H23NO3S/c1-13-7-6-12(14,9-13)10-4-3-5-11(8-10)17(2,15)16/h10-11,14H,3-9H2,1-2H3. The number of likely N-dealkylation sites (N-methyl/N-ethyl adjacent to an activating group) is 1. The lowest BCUT2D eigenvalue weighted by Gasteiger charge is -2.38. The zero-order valence-corrected chi connectivity index (χ0v) is 11.5. The molecular formula is C12H23NO3S. The fraction of sp³-hybridized carbons (Fsp3) is 1.00. The van der Waals surface area contributed by atoms with E-state index in [-0.39, 0.29) is 11.2 Å². The summed E-state index contributed by atoms with van der Waals surface area (Å²) in [5, 5.41) is 10.4. The van der Waals surface area contributed by atoms with Gasteiger partial charge >= 0.3 is 0 Å². The van der Waals surface area contributed by atoms with Gasteiger partial charge in [-0.15, -0.1) is 0 Å². The van der Waals surface area contributed by atoms with Crippen LogP contribution in [0, 0.1) is 5.92 Å². The van der Waals surface area contributed by atoms with E-state index in [1.54, 1.807) is 0 Å². The summed E-state index contributed by atoms with van der Waals surface area (Å²) < 4.78 is 23.2. The molecule has 0 aromatic carbocycles. The SMILES string of the molecule is CN1CCC(O)(C2CCCC(S(C)(=O)=O)C2)C1. The first-order valence-electron chi connectivity index (χ1n) is 6.41. The van der Waals surface area contributed by atoms with Crippen molar-refractivity contribution in [3.8, 4) is 0 Å². The zero-order chi connectivity index (χ0) is 12.7. The summed E-state index contributed by atoms with van der Waals surface area (Å²) in [5.74, 6) is 0.154. The number of rotatable bonds is 2. The number of aliphatic hydroxyl groups is 1. The Morgan fingerprint density at radius 2 is 2.06 bits per heavy atom. The van der Waals surface area contributed by atoms with E-state index >= 15 is 0 Å². The number of hydrogen-bond acceptors (Lipinski definition) is 4. The van der Waals surface area contributed by atoms with Gasteiger partial charge in [0.2, 0.25) is 0 Å². The highest BCUT2D eigenvalue weighted by Crippen LogP contribution is 2.39. The fourth-order valence-corrected chi connectivity index (χ4v) is 4.54. The molecule has 17 heavy (non-hydrogen) atoms. The van der Waals surface area contributed by atoms with Crippen molar-refractivity contribution in [1.82, 2.24) is 4.90 Å². The smallest absolute Gasteiger partial charge is 0.150 e. The fourth-order valence-electron chi connectivity index (χ4n) is 3.37. The van der Waals surface area contributed by atoms with Crippen LogP contribution in [-0.2, 0) is 9.84 Å². The van der Waals surface area contributed by atoms with Crippen molar-refractivity contribution in [2.75, 3.05) is 26.4 Å². The molecular weight excluding hydrogens is 238 g/mol. The van der Waals surface area contributed by atoms with Gasteiger partial charge in [-0.05, 0) is 38.6 Å².